The third kappa shape index (κ3) is 4.33. The van der Waals surface area contributed by atoms with E-state index in [1.807, 2.05) is 20.8 Å². The second kappa shape index (κ2) is 6.34. The van der Waals surface area contributed by atoms with Gasteiger partial charge >= 0.3 is 6.01 Å². The number of ether oxygens (including phenoxy) is 2. The van der Waals surface area contributed by atoms with E-state index >= 15 is 0 Å². The van der Waals surface area contributed by atoms with Crippen molar-refractivity contribution in [2.45, 2.75) is 26.4 Å². The van der Waals surface area contributed by atoms with Gasteiger partial charge in [0.1, 0.15) is 0 Å². The third-order valence-corrected chi connectivity index (χ3v) is 2.23. The summed E-state index contributed by atoms with van der Waals surface area (Å²) in [5.74, 6) is 0.914. The Morgan fingerprint density at radius 2 is 1.83 bits per heavy atom. The Kier molecular flexibility index (Phi) is 5.08. The molecule has 0 spiro atoms. The summed E-state index contributed by atoms with van der Waals surface area (Å²) in [4.78, 5) is 12.3. The van der Waals surface area contributed by atoms with Crippen molar-refractivity contribution in [1.82, 2.24) is 15.0 Å². The number of hydrogen-bond acceptors (Lipinski definition) is 7. The van der Waals surface area contributed by atoms with Crippen molar-refractivity contribution in [3.63, 3.8) is 0 Å². The summed E-state index contributed by atoms with van der Waals surface area (Å²) in [7, 11) is 3.26. The number of nitrogens with zero attached hydrogens (tertiary/aromatic N) is 3. The van der Waals surface area contributed by atoms with Gasteiger partial charge in [-0.3, -0.25) is 0 Å². The normalized spacial score (nSPS) is 11.2. The smallest absolute Gasteiger partial charge is 0.322 e. The van der Waals surface area contributed by atoms with E-state index < -0.39 is 0 Å². The molecule has 0 unspecified atom stereocenters. The molecule has 7 nitrogen and oxygen atoms in total. The number of aromatic nitrogens is 3. The molecule has 0 aliphatic carbocycles. The van der Waals surface area contributed by atoms with Crippen LogP contribution in [0.3, 0.4) is 0 Å². The Morgan fingerprint density at radius 1 is 1.17 bits per heavy atom. The molecule has 1 aromatic rings. The van der Waals surface area contributed by atoms with Crippen molar-refractivity contribution >= 4 is 11.9 Å². The van der Waals surface area contributed by atoms with Crippen molar-refractivity contribution in [2.24, 2.45) is 0 Å². The van der Waals surface area contributed by atoms with Gasteiger partial charge in [-0.05, 0) is 20.8 Å². The monoisotopic (exact) mass is 255 g/mol. The fraction of sp³-hybridized carbons (Fsp3) is 0.727. The quantitative estimate of drug-likeness (QED) is 0.756. The predicted molar refractivity (Wildman–Crippen MR) is 70.1 cm³/mol. The van der Waals surface area contributed by atoms with Crippen LogP contribution in [0.4, 0.5) is 11.9 Å². The molecule has 0 aliphatic heterocycles. The molecule has 0 aliphatic rings. The zero-order valence-corrected chi connectivity index (χ0v) is 11.6. The van der Waals surface area contributed by atoms with Crippen LogP contribution in [0.2, 0.25) is 0 Å². The van der Waals surface area contributed by atoms with Crippen LogP contribution >= 0.6 is 0 Å². The van der Waals surface area contributed by atoms with Crippen LogP contribution in [-0.2, 0) is 4.74 Å². The molecular formula is C11H21N5O2. The minimum Gasteiger partial charge on any atom is -0.467 e. The SMILES string of the molecule is CCOC(C)(C)CNc1nc(NC)nc(OC)n1. The topological polar surface area (TPSA) is 81.2 Å². The van der Waals surface area contributed by atoms with Gasteiger partial charge in [0, 0.05) is 20.2 Å². The Hall–Kier alpha value is -1.63. The average Bonchev–Trinajstić information content (AvgIpc) is 2.36. The highest BCUT2D eigenvalue weighted by Crippen LogP contribution is 2.13. The molecule has 102 valence electrons. The zero-order valence-electron chi connectivity index (χ0n) is 11.6. The van der Waals surface area contributed by atoms with Crippen LogP contribution in [0, 0.1) is 0 Å². The molecule has 1 rings (SSSR count). The summed E-state index contributed by atoms with van der Waals surface area (Å²) in [6.07, 6.45) is 0. The average molecular weight is 255 g/mol. The lowest BCUT2D eigenvalue weighted by atomic mass is 10.1. The van der Waals surface area contributed by atoms with Crippen LogP contribution in [0.5, 0.6) is 6.01 Å². The second-order valence-corrected chi connectivity index (χ2v) is 4.27. The highest BCUT2D eigenvalue weighted by atomic mass is 16.5. The lowest BCUT2D eigenvalue weighted by Gasteiger charge is -2.24. The lowest BCUT2D eigenvalue weighted by molar-refractivity contribution is 0.000570. The first-order valence-corrected chi connectivity index (χ1v) is 5.86. The van der Waals surface area contributed by atoms with Gasteiger partial charge in [-0.2, -0.15) is 15.0 Å². The number of methoxy groups -OCH3 is 1. The summed E-state index contributed by atoms with van der Waals surface area (Å²) >= 11 is 0. The molecule has 1 heterocycles. The Morgan fingerprint density at radius 3 is 2.39 bits per heavy atom. The highest BCUT2D eigenvalue weighted by Gasteiger charge is 2.18. The largest absolute Gasteiger partial charge is 0.467 e. The minimum absolute atomic E-state index is 0.270. The number of anilines is 2. The van der Waals surface area contributed by atoms with Gasteiger partial charge in [-0.25, -0.2) is 0 Å². The highest BCUT2D eigenvalue weighted by molar-refractivity contribution is 5.35. The van der Waals surface area contributed by atoms with E-state index in [1.165, 1.54) is 7.11 Å². The van der Waals surface area contributed by atoms with Gasteiger partial charge in [0.05, 0.1) is 12.7 Å². The third-order valence-electron chi connectivity index (χ3n) is 2.23. The number of nitrogens with one attached hydrogen (secondary N) is 2. The summed E-state index contributed by atoms with van der Waals surface area (Å²) in [6, 6.07) is 0.270. The van der Waals surface area contributed by atoms with E-state index in [-0.39, 0.29) is 11.6 Å². The minimum atomic E-state index is -0.283. The first kappa shape index (κ1) is 14.4. The molecule has 18 heavy (non-hydrogen) atoms. The zero-order chi connectivity index (χ0) is 13.6. The van der Waals surface area contributed by atoms with Crippen LogP contribution in [0.15, 0.2) is 0 Å². The predicted octanol–water partition coefficient (Wildman–Crippen LogP) is 1.15. The summed E-state index contributed by atoms with van der Waals surface area (Å²) in [5, 5.41) is 5.96. The van der Waals surface area contributed by atoms with Gasteiger partial charge in [0.15, 0.2) is 0 Å². The second-order valence-electron chi connectivity index (χ2n) is 4.27. The van der Waals surface area contributed by atoms with Crippen molar-refractivity contribution in [3.05, 3.63) is 0 Å². The molecule has 2 N–H and O–H groups in total. The van der Waals surface area contributed by atoms with E-state index in [0.29, 0.717) is 25.0 Å². The van der Waals surface area contributed by atoms with Gasteiger partial charge in [0.25, 0.3) is 0 Å². The maximum atomic E-state index is 5.58. The maximum Gasteiger partial charge on any atom is 0.322 e. The fourth-order valence-electron chi connectivity index (χ4n) is 1.37. The van der Waals surface area contributed by atoms with E-state index in [2.05, 4.69) is 25.6 Å². The standard InChI is InChI=1S/C11H21N5O2/c1-6-18-11(2,3)7-13-9-14-8(12-4)15-10(16-9)17-5/h6-7H2,1-5H3,(H2,12,13,14,15,16). The first-order chi connectivity index (χ1) is 8.50. The van der Waals surface area contributed by atoms with Crippen LogP contribution < -0.4 is 15.4 Å². The van der Waals surface area contributed by atoms with Crippen LogP contribution in [0.25, 0.3) is 0 Å². The van der Waals surface area contributed by atoms with E-state index in [1.54, 1.807) is 7.05 Å². The molecular weight excluding hydrogens is 234 g/mol. The van der Waals surface area contributed by atoms with Crippen molar-refractivity contribution in [2.75, 3.05) is 37.9 Å². The van der Waals surface area contributed by atoms with Crippen molar-refractivity contribution in [3.8, 4) is 6.01 Å². The molecule has 0 saturated carbocycles. The fourth-order valence-corrected chi connectivity index (χ4v) is 1.37. The summed E-state index contributed by atoms with van der Waals surface area (Å²) in [5.41, 5.74) is -0.283. The number of rotatable bonds is 7. The Balaban J connectivity index is 2.72. The molecule has 0 aromatic carbocycles. The van der Waals surface area contributed by atoms with Crippen LogP contribution in [-0.4, -0.2) is 47.9 Å². The molecule has 1 aromatic heterocycles. The first-order valence-electron chi connectivity index (χ1n) is 5.86. The maximum absolute atomic E-state index is 5.58. The van der Waals surface area contributed by atoms with Crippen LogP contribution in [0.1, 0.15) is 20.8 Å². The summed E-state index contributed by atoms with van der Waals surface area (Å²) < 4.78 is 10.6. The van der Waals surface area contributed by atoms with Crippen molar-refractivity contribution in [1.29, 1.82) is 0 Å². The Labute approximate surface area is 107 Å². The molecule has 7 heteroatoms. The molecule has 0 fully saturated rings. The van der Waals surface area contributed by atoms with Gasteiger partial charge in [-0.15, -0.1) is 0 Å². The van der Waals surface area contributed by atoms with E-state index in [4.69, 9.17) is 9.47 Å². The van der Waals surface area contributed by atoms with Gasteiger partial charge in [0.2, 0.25) is 11.9 Å². The van der Waals surface area contributed by atoms with E-state index in [0.717, 1.165) is 0 Å². The molecule has 0 atom stereocenters. The van der Waals surface area contributed by atoms with Gasteiger partial charge in [-0.1, -0.05) is 0 Å². The molecule has 0 bridgehead atoms. The summed E-state index contributed by atoms with van der Waals surface area (Å²) in [6.45, 7) is 7.22. The Bertz CT molecular complexity index is 361. The van der Waals surface area contributed by atoms with Gasteiger partial charge < -0.3 is 20.1 Å². The van der Waals surface area contributed by atoms with Crippen molar-refractivity contribution < 1.29 is 9.47 Å². The van der Waals surface area contributed by atoms with E-state index in [9.17, 15) is 0 Å². The lowest BCUT2D eigenvalue weighted by Crippen LogP contribution is -2.33. The molecule has 0 radical (unpaired) electrons. The number of hydrogen-bond donors (Lipinski definition) is 2. The molecule has 0 amide bonds. The molecule has 0 saturated heterocycles.